The minimum atomic E-state index is -0.120. The Morgan fingerprint density at radius 2 is 2.00 bits per heavy atom. The van der Waals surface area contributed by atoms with Gasteiger partial charge in [-0.3, -0.25) is 4.79 Å². The molecule has 1 atom stereocenters. The van der Waals surface area contributed by atoms with E-state index in [-0.39, 0.29) is 17.9 Å². The summed E-state index contributed by atoms with van der Waals surface area (Å²) in [5, 5.41) is 15.7. The molecule has 9 heteroatoms. The van der Waals surface area contributed by atoms with Crippen LogP contribution in [0.15, 0.2) is 42.7 Å². The van der Waals surface area contributed by atoms with E-state index in [9.17, 15) is 4.79 Å². The van der Waals surface area contributed by atoms with E-state index < -0.39 is 0 Å². The highest BCUT2D eigenvalue weighted by atomic mass is 16.2. The van der Waals surface area contributed by atoms with Crippen molar-refractivity contribution in [2.75, 3.05) is 18.0 Å². The third-order valence-corrected chi connectivity index (χ3v) is 6.10. The molecule has 3 aromatic heterocycles. The maximum atomic E-state index is 13.2. The van der Waals surface area contributed by atoms with Gasteiger partial charge in [0.1, 0.15) is 18.0 Å². The van der Waals surface area contributed by atoms with Gasteiger partial charge in [-0.1, -0.05) is 26.0 Å². The molecule has 0 radical (unpaired) electrons. The number of benzene rings is 1. The average molecular weight is 433 g/mol. The minimum absolute atomic E-state index is 0.0102. The second-order valence-corrected chi connectivity index (χ2v) is 8.92. The fraction of sp³-hybridized carbons (Fsp3) is 0.435. The highest BCUT2D eigenvalue weighted by Crippen LogP contribution is 2.26. The third kappa shape index (κ3) is 4.15. The molecule has 1 fully saturated rings. The van der Waals surface area contributed by atoms with Gasteiger partial charge in [0.15, 0.2) is 5.65 Å². The number of H-pyrrole nitrogens is 1. The number of rotatable bonds is 6. The Labute approximate surface area is 186 Å². The van der Waals surface area contributed by atoms with Crippen molar-refractivity contribution in [2.24, 2.45) is 11.8 Å². The summed E-state index contributed by atoms with van der Waals surface area (Å²) in [6, 6.07) is 11.7. The van der Waals surface area contributed by atoms with Crippen LogP contribution in [0.25, 0.3) is 16.7 Å². The van der Waals surface area contributed by atoms with Crippen LogP contribution >= 0.6 is 0 Å². The van der Waals surface area contributed by atoms with Crippen LogP contribution in [0, 0.1) is 11.8 Å². The predicted molar refractivity (Wildman–Crippen MR) is 122 cm³/mol. The molecule has 1 amide bonds. The third-order valence-electron chi connectivity index (χ3n) is 6.10. The summed E-state index contributed by atoms with van der Waals surface area (Å²) < 4.78 is 1.68. The zero-order valence-electron chi connectivity index (χ0n) is 18.4. The maximum Gasteiger partial charge on any atom is 0.223 e. The highest BCUT2D eigenvalue weighted by molar-refractivity contribution is 5.80. The fourth-order valence-corrected chi connectivity index (χ4v) is 4.40. The number of fused-ring (bicyclic) bond motifs is 2. The van der Waals surface area contributed by atoms with Gasteiger partial charge >= 0.3 is 0 Å². The monoisotopic (exact) mass is 432 g/mol. The molecule has 5 rings (SSSR count). The van der Waals surface area contributed by atoms with Crippen LogP contribution in [0.1, 0.15) is 45.0 Å². The topological polar surface area (TPSA) is 104 Å². The van der Waals surface area contributed by atoms with Crippen molar-refractivity contribution in [1.82, 2.24) is 35.1 Å². The van der Waals surface area contributed by atoms with Gasteiger partial charge in [-0.05, 0) is 49.4 Å². The van der Waals surface area contributed by atoms with Crippen LogP contribution in [-0.4, -0.2) is 48.8 Å². The van der Waals surface area contributed by atoms with Crippen molar-refractivity contribution >= 4 is 28.4 Å². The van der Waals surface area contributed by atoms with Gasteiger partial charge in [-0.15, -0.1) is 15.3 Å². The first-order valence-corrected chi connectivity index (χ1v) is 11.2. The van der Waals surface area contributed by atoms with Crippen molar-refractivity contribution in [1.29, 1.82) is 0 Å². The molecule has 4 aromatic rings. The van der Waals surface area contributed by atoms with Gasteiger partial charge in [-0.2, -0.15) is 4.52 Å². The van der Waals surface area contributed by atoms with Gasteiger partial charge in [-0.25, -0.2) is 4.98 Å². The number of hydrogen-bond acceptors (Lipinski definition) is 6. The SMILES string of the molecule is CC(C)CC(NC(=O)C1CCN(c2ccc3nncn3n2)CC1)c1nc2ccccc2[nH]1. The first-order chi connectivity index (χ1) is 15.6. The van der Waals surface area contributed by atoms with Crippen molar-refractivity contribution in [3.05, 3.63) is 48.5 Å². The Bertz CT molecular complexity index is 1190. The number of amides is 1. The van der Waals surface area contributed by atoms with Crippen LogP contribution < -0.4 is 10.2 Å². The number of aromatic nitrogens is 6. The maximum absolute atomic E-state index is 13.2. The number of hydrogen-bond donors (Lipinski definition) is 2. The molecule has 0 bridgehead atoms. The molecule has 1 aromatic carbocycles. The van der Waals surface area contributed by atoms with E-state index in [0.717, 1.165) is 60.7 Å². The number of anilines is 1. The molecular weight excluding hydrogens is 404 g/mol. The second kappa shape index (κ2) is 8.57. The largest absolute Gasteiger partial charge is 0.355 e. The van der Waals surface area contributed by atoms with E-state index >= 15 is 0 Å². The number of para-hydroxylation sites is 2. The summed E-state index contributed by atoms with van der Waals surface area (Å²) in [5.74, 6) is 2.25. The summed E-state index contributed by atoms with van der Waals surface area (Å²) in [5.41, 5.74) is 2.65. The molecule has 166 valence electrons. The number of nitrogens with zero attached hydrogens (tertiary/aromatic N) is 6. The smallest absolute Gasteiger partial charge is 0.223 e. The van der Waals surface area contributed by atoms with E-state index in [1.165, 1.54) is 0 Å². The Balaban J connectivity index is 1.25. The summed E-state index contributed by atoms with van der Waals surface area (Å²) in [4.78, 5) is 23.5. The quantitative estimate of drug-likeness (QED) is 0.485. The lowest BCUT2D eigenvalue weighted by Gasteiger charge is -2.32. The summed E-state index contributed by atoms with van der Waals surface area (Å²) >= 11 is 0. The van der Waals surface area contributed by atoms with E-state index in [0.29, 0.717) is 5.92 Å². The van der Waals surface area contributed by atoms with Gasteiger partial charge < -0.3 is 15.2 Å². The normalized spacial score (nSPS) is 16.2. The molecule has 1 aliphatic rings. The van der Waals surface area contributed by atoms with Crippen LogP contribution in [0.5, 0.6) is 0 Å². The van der Waals surface area contributed by atoms with E-state index in [1.807, 2.05) is 36.4 Å². The van der Waals surface area contributed by atoms with Gasteiger partial charge in [0.05, 0.1) is 17.1 Å². The number of aromatic amines is 1. The summed E-state index contributed by atoms with van der Waals surface area (Å²) in [6.07, 6.45) is 4.03. The molecule has 0 spiro atoms. The molecule has 4 heterocycles. The predicted octanol–water partition coefficient (Wildman–Crippen LogP) is 3.12. The Hall–Kier alpha value is -3.49. The molecule has 9 nitrogen and oxygen atoms in total. The van der Waals surface area contributed by atoms with Crippen LogP contribution in [0.4, 0.5) is 5.82 Å². The highest BCUT2D eigenvalue weighted by Gasteiger charge is 2.28. The van der Waals surface area contributed by atoms with Gasteiger partial charge in [0.2, 0.25) is 5.91 Å². The first-order valence-electron chi connectivity index (χ1n) is 11.2. The number of nitrogens with one attached hydrogen (secondary N) is 2. The van der Waals surface area contributed by atoms with Crippen molar-refractivity contribution in [2.45, 2.75) is 39.2 Å². The van der Waals surface area contributed by atoms with Crippen LogP contribution in [0.2, 0.25) is 0 Å². The zero-order chi connectivity index (χ0) is 22.1. The van der Waals surface area contributed by atoms with Crippen LogP contribution in [0.3, 0.4) is 0 Å². The number of carbonyl (C=O) groups excluding carboxylic acids is 1. The molecule has 1 saturated heterocycles. The fourth-order valence-electron chi connectivity index (χ4n) is 4.40. The number of carbonyl (C=O) groups is 1. The Morgan fingerprint density at radius 3 is 2.78 bits per heavy atom. The molecule has 1 unspecified atom stereocenters. The molecule has 1 aliphatic heterocycles. The lowest BCUT2D eigenvalue weighted by atomic mass is 9.94. The lowest BCUT2D eigenvalue weighted by molar-refractivity contribution is -0.126. The number of imidazole rings is 1. The summed E-state index contributed by atoms with van der Waals surface area (Å²) in [7, 11) is 0. The van der Waals surface area contributed by atoms with Crippen molar-refractivity contribution < 1.29 is 4.79 Å². The second-order valence-electron chi connectivity index (χ2n) is 8.92. The van der Waals surface area contributed by atoms with Crippen molar-refractivity contribution in [3.63, 3.8) is 0 Å². The molecule has 32 heavy (non-hydrogen) atoms. The minimum Gasteiger partial charge on any atom is -0.355 e. The van der Waals surface area contributed by atoms with Gasteiger partial charge in [0, 0.05) is 19.0 Å². The summed E-state index contributed by atoms with van der Waals surface area (Å²) in [6.45, 7) is 5.91. The molecule has 2 N–H and O–H groups in total. The standard InChI is InChI=1S/C23H28N8O/c1-15(2)13-19(22-25-17-5-3-4-6-18(17)26-22)27-23(32)16-9-11-30(12-10-16)21-8-7-20-28-24-14-31(20)29-21/h3-8,14-16,19H,9-13H2,1-2H3,(H,25,26)(H,27,32). The average Bonchev–Trinajstić information content (AvgIpc) is 3.44. The molecule has 0 aliphatic carbocycles. The van der Waals surface area contributed by atoms with Crippen molar-refractivity contribution in [3.8, 4) is 0 Å². The zero-order valence-corrected chi connectivity index (χ0v) is 18.4. The molecular formula is C23H28N8O. The lowest BCUT2D eigenvalue weighted by Crippen LogP contribution is -2.42. The Morgan fingerprint density at radius 1 is 1.19 bits per heavy atom. The number of piperidine rings is 1. The first kappa shape index (κ1) is 20.4. The van der Waals surface area contributed by atoms with E-state index in [4.69, 9.17) is 4.98 Å². The Kier molecular flexibility index (Phi) is 5.46. The van der Waals surface area contributed by atoms with E-state index in [1.54, 1.807) is 10.8 Å². The van der Waals surface area contributed by atoms with Gasteiger partial charge in [0.25, 0.3) is 0 Å². The van der Waals surface area contributed by atoms with Crippen LogP contribution in [-0.2, 0) is 4.79 Å². The van der Waals surface area contributed by atoms with E-state index in [2.05, 4.69) is 44.3 Å². The molecule has 0 saturated carbocycles.